The first kappa shape index (κ1) is 18.6. The number of rotatable bonds is 7. The molecule has 5 nitrogen and oxygen atoms in total. The van der Waals surface area contributed by atoms with E-state index in [0.717, 1.165) is 12.8 Å². The molecule has 3 N–H and O–H groups in total. The maximum absolute atomic E-state index is 13.5. The molecule has 0 saturated carbocycles. The molecule has 122 valence electrons. The average molecular weight is 348 g/mol. The van der Waals surface area contributed by atoms with E-state index in [9.17, 15) is 14.0 Å². The molecular formula is C14H19ClFN3O2S. The van der Waals surface area contributed by atoms with Crippen molar-refractivity contribution >= 4 is 35.3 Å². The van der Waals surface area contributed by atoms with E-state index in [2.05, 4.69) is 16.2 Å². The summed E-state index contributed by atoms with van der Waals surface area (Å²) in [6, 6.07) is 4.00. The van der Waals surface area contributed by atoms with E-state index in [1.165, 1.54) is 23.9 Å². The number of amides is 3. The number of benzene rings is 1. The maximum atomic E-state index is 13.5. The van der Waals surface area contributed by atoms with Gasteiger partial charge in [-0.3, -0.25) is 10.2 Å². The molecule has 8 heteroatoms. The molecule has 0 atom stereocenters. The molecule has 1 aromatic rings. The molecule has 22 heavy (non-hydrogen) atoms. The van der Waals surface area contributed by atoms with Gasteiger partial charge in [0.15, 0.2) is 0 Å². The Hall–Kier alpha value is -1.47. The molecule has 1 rings (SSSR count). The van der Waals surface area contributed by atoms with Gasteiger partial charge in [0.2, 0.25) is 5.91 Å². The van der Waals surface area contributed by atoms with Gasteiger partial charge in [-0.25, -0.2) is 14.6 Å². The number of hydrogen-bond acceptors (Lipinski definition) is 3. The van der Waals surface area contributed by atoms with Crippen LogP contribution in [0.3, 0.4) is 0 Å². The van der Waals surface area contributed by atoms with Crippen molar-refractivity contribution in [1.29, 1.82) is 0 Å². The Labute approximate surface area is 138 Å². The molecular weight excluding hydrogens is 329 g/mol. The topological polar surface area (TPSA) is 70.2 Å². The van der Waals surface area contributed by atoms with Crippen molar-refractivity contribution in [2.45, 2.75) is 25.5 Å². The zero-order valence-corrected chi connectivity index (χ0v) is 13.8. The molecule has 0 aromatic heterocycles. The van der Waals surface area contributed by atoms with Crippen molar-refractivity contribution in [3.63, 3.8) is 0 Å². The van der Waals surface area contributed by atoms with Crippen molar-refractivity contribution in [3.05, 3.63) is 34.6 Å². The Morgan fingerprint density at radius 2 is 2.09 bits per heavy atom. The van der Waals surface area contributed by atoms with E-state index in [0.29, 0.717) is 17.1 Å². The molecule has 0 unspecified atom stereocenters. The minimum Gasteiger partial charge on any atom is -0.337 e. The van der Waals surface area contributed by atoms with E-state index in [4.69, 9.17) is 11.6 Å². The highest BCUT2D eigenvalue weighted by atomic mass is 35.5. The highest BCUT2D eigenvalue weighted by Crippen LogP contribution is 2.23. The lowest BCUT2D eigenvalue weighted by molar-refractivity contribution is -0.119. The third kappa shape index (κ3) is 7.00. The summed E-state index contributed by atoms with van der Waals surface area (Å²) in [4.78, 5) is 22.8. The molecule has 0 aliphatic rings. The van der Waals surface area contributed by atoms with Crippen LogP contribution in [0.1, 0.15) is 25.3 Å². The van der Waals surface area contributed by atoms with Gasteiger partial charge in [-0.1, -0.05) is 31.0 Å². The number of carbonyl (C=O) groups excluding carboxylic acids is 2. The lowest BCUT2D eigenvalue weighted by atomic mass is 10.2. The zero-order chi connectivity index (χ0) is 16.4. The first-order valence-electron chi connectivity index (χ1n) is 6.88. The highest BCUT2D eigenvalue weighted by Gasteiger charge is 2.09. The third-order valence-corrected chi connectivity index (χ3v) is 3.99. The Kier molecular flexibility index (Phi) is 8.69. The third-order valence-electron chi connectivity index (χ3n) is 2.67. The van der Waals surface area contributed by atoms with Gasteiger partial charge >= 0.3 is 6.03 Å². The highest BCUT2D eigenvalue weighted by molar-refractivity contribution is 7.99. The second kappa shape index (κ2) is 10.3. The van der Waals surface area contributed by atoms with Crippen LogP contribution in [0.2, 0.25) is 5.02 Å². The number of carbonyl (C=O) groups is 2. The molecule has 0 radical (unpaired) electrons. The Balaban J connectivity index is 2.22. The quantitative estimate of drug-likeness (QED) is 0.524. The fourth-order valence-corrected chi connectivity index (χ4v) is 2.67. The van der Waals surface area contributed by atoms with Crippen LogP contribution in [-0.4, -0.2) is 24.2 Å². The maximum Gasteiger partial charge on any atom is 0.333 e. The van der Waals surface area contributed by atoms with E-state index < -0.39 is 11.8 Å². The molecule has 0 fully saturated rings. The van der Waals surface area contributed by atoms with Crippen molar-refractivity contribution in [2.24, 2.45) is 0 Å². The number of halogens is 2. The molecule has 0 saturated heterocycles. The van der Waals surface area contributed by atoms with Crippen LogP contribution in [-0.2, 0) is 10.5 Å². The Morgan fingerprint density at radius 3 is 2.77 bits per heavy atom. The zero-order valence-electron chi connectivity index (χ0n) is 12.2. The number of nitrogens with one attached hydrogen (secondary N) is 3. The predicted octanol–water partition coefficient (Wildman–Crippen LogP) is 2.84. The van der Waals surface area contributed by atoms with Gasteiger partial charge < -0.3 is 5.32 Å². The summed E-state index contributed by atoms with van der Waals surface area (Å²) in [6.45, 7) is 2.57. The summed E-state index contributed by atoms with van der Waals surface area (Å²) >= 11 is 7.10. The molecule has 0 heterocycles. The van der Waals surface area contributed by atoms with Gasteiger partial charge in [0, 0.05) is 22.9 Å². The van der Waals surface area contributed by atoms with E-state index in [-0.39, 0.29) is 17.4 Å². The molecule has 0 aliphatic heterocycles. The van der Waals surface area contributed by atoms with E-state index >= 15 is 0 Å². The minimum atomic E-state index is -0.455. The summed E-state index contributed by atoms with van der Waals surface area (Å²) in [6.07, 6.45) is 1.85. The fraction of sp³-hybridized carbons (Fsp3) is 0.429. The van der Waals surface area contributed by atoms with Crippen LogP contribution in [0.15, 0.2) is 18.2 Å². The van der Waals surface area contributed by atoms with Crippen LogP contribution in [0.4, 0.5) is 9.18 Å². The molecule has 0 spiro atoms. The fourth-order valence-electron chi connectivity index (χ4n) is 1.50. The van der Waals surface area contributed by atoms with Crippen molar-refractivity contribution < 1.29 is 14.0 Å². The first-order chi connectivity index (χ1) is 10.5. The van der Waals surface area contributed by atoms with Crippen LogP contribution < -0.4 is 16.2 Å². The average Bonchev–Trinajstić information content (AvgIpc) is 2.48. The van der Waals surface area contributed by atoms with Gasteiger partial charge in [-0.2, -0.15) is 0 Å². The molecule has 0 bridgehead atoms. The van der Waals surface area contributed by atoms with Gasteiger partial charge in [-0.15, -0.1) is 11.8 Å². The van der Waals surface area contributed by atoms with Gasteiger partial charge in [0.25, 0.3) is 0 Å². The molecule has 0 aliphatic carbocycles. The number of unbranched alkanes of at least 4 members (excludes halogenated alkanes) is 1. The standard InChI is InChI=1S/C14H19ClFN3O2S/c1-2-3-7-17-14(21)19-18-13(20)9-22-8-10-11(15)5-4-6-12(10)16/h4-6H,2-3,7-9H2,1H3,(H,18,20)(H2,17,19,21). The van der Waals surface area contributed by atoms with Crippen LogP contribution in [0, 0.1) is 5.82 Å². The van der Waals surface area contributed by atoms with Crippen molar-refractivity contribution in [2.75, 3.05) is 12.3 Å². The second-order valence-corrected chi connectivity index (χ2v) is 5.87. The normalized spacial score (nSPS) is 10.1. The summed E-state index contributed by atoms with van der Waals surface area (Å²) in [7, 11) is 0. The van der Waals surface area contributed by atoms with Crippen LogP contribution in [0.25, 0.3) is 0 Å². The number of hydrazine groups is 1. The number of urea groups is 1. The van der Waals surface area contributed by atoms with Gasteiger partial charge in [0.1, 0.15) is 5.82 Å². The largest absolute Gasteiger partial charge is 0.337 e. The van der Waals surface area contributed by atoms with Crippen molar-refractivity contribution in [1.82, 2.24) is 16.2 Å². The minimum absolute atomic E-state index is 0.0832. The smallest absolute Gasteiger partial charge is 0.333 e. The summed E-state index contributed by atoms with van der Waals surface area (Å²) < 4.78 is 13.5. The van der Waals surface area contributed by atoms with E-state index in [1.807, 2.05) is 6.92 Å². The van der Waals surface area contributed by atoms with E-state index in [1.54, 1.807) is 6.07 Å². The van der Waals surface area contributed by atoms with Crippen molar-refractivity contribution in [3.8, 4) is 0 Å². The second-order valence-electron chi connectivity index (χ2n) is 4.48. The summed E-state index contributed by atoms with van der Waals surface area (Å²) in [5, 5.41) is 2.93. The summed E-state index contributed by atoms with van der Waals surface area (Å²) in [5.41, 5.74) is 4.89. The monoisotopic (exact) mass is 347 g/mol. The van der Waals surface area contributed by atoms with Crippen LogP contribution in [0.5, 0.6) is 0 Å². The SMILES string of the molecule is CCCCNC(=O)NNC(=O)CSCc1c(F)cccc1Cl. The van der Waals surface area contributed by atoms with Gasteiger partial charge in [0.05, 0.1) is 5.75 Å². The number of hydrogen-bond donors (Lipinski definition) is 3. The lowest BCUT2D eigenvalue weighted by Gasteiger charge is -2.09. The Bertz CT molecular complexity index is 497. The van der Waals surface area contributed by atoms with Gasteiger partial charge in [-0.05, 0) is 18.6 Å². The predicted molar refractivity (Wildman–Crippen MR) is 87.2 cm³/mol. The summed E-state index contributed by atoms with van der Waals surface area (Å²) in [5.74, 6) is -0.404. The molecule has 1 aromatic carbocycles. The number of thioether (sulfide) groups is 1. The molecule has 3 amide bonds. The first-order valence-corrected chi connectivity index (χ1v) is 8.41. The Morgan fingerprint density at radius 1 is 1.32 bits per heavy atom. The lowest BCUT2D eigenvalue weighted by Crippen LogP contribution is -2.47. The van der Waals surface area contributed by atoms with Crippen LogP contribution >= 0.6 is 23.4 Å².